The second kappa shape index (κ2) is 5.27. The molecule has 5 heteroatoms. The Hall–Kier alpha value is -1.75. The van der Waals surface area contributed by atoms with Gasteiger partial charge in [0.2, 0.25) is 0 Å². The highest BCUT2D eigenvalue weighted by atomic mass is 79.9. The number of hydrogen-bond acceptors (Lipinski definition) is 4. The topological polar surface area (TPSA) is 77.0 Å². The molecule has 5 N–H and O–H groups in total. The molecule has 0 aliphatic carbocycles. The van der Waals surface area contributed by atoms with Crippen LogP contribution in [0.3, 0.4) is 0 Å². The fourth-order valence-corrected chi connectivity index (χ4v) is 1.89. The first-order chi connectivity index (χ1) is 8.56. The zero-order valence-corrected chi connectivity index (χ0v) is 11.6. The number of nitrogens with one attached hydrogen (secondary N) is 1. The summed E-state index contributed by atoms with van der Waals surface area (Å²) in [5.74, 6) is 1.07. The molecule has 0 saturated carbocycles. The van der Waals surface area contributed by atoms with Crippen LogP contribution in [0.25, 0.3) is 0 Å². The van der Waals surface area contributed by atoms with E-state index in [0.717, 1.165) is 10.3 Å². The van der Waals surface area contributed by atoms with Gasteiger partial charge < -0.3 is 16.8 Å². The highest BCUT2D eigenvalue weighted by Gasteiger charge is 2.06. The fourth-order valence-electron chi connectivity index (χ4n) is 1.62. The lowest BCUT2D eigenvalue weighted by molar-refractivity contribution is 0.875. The number of pyridine rings is 1. The van der Waals surface area contributed by atoms with Crippen molar-refractivity contribution in [2.75, 3.05) is 16.8 Å². The summed E-state index contributed by atoms with van der Waals surface area (Å²) in [4.78, 5) is 4.19. The molecule has 2 aromatic rings. The maximum Gasteiger partial charge on any atom is 0.149 e. The van der Waals surface area contributed by atoms with Crippen LogP contribution in [-0.4, -0.2) is 4.98 Å². The second-order valence-corrected chi connectivity index (χ2v) is 5.00. The van der Waals surface area contributed by atoms with Crippen LogP contribution in [0, 0.1) is 0 Å². The van der Waals surface area contributed by atoms with E-state index in [1.165, 1.54) is 5.56 Å². The SMILES string of the molecule is CC(Nc1ccc(N)c(N)n1)c1ccc(Br)cc1. The number of nitrogen functional groups attached to an aromatic ring is 2. The van der Waals surface area contributed by atoms with Gasteiger partial charge in [-0.1, -0.05) is 28.1 Å². The second-order valence-electron chi connectivity index (χ2n) is 4.09. The van der Waals surface area contributed by atoms with Crippen molar-refractivity contribution in [3.05, 3.63) is 46.4 Å². The summed E-state index contributed by atoms with van der Waals surface area (Å²) >= 11 is 3.42. The Kier molecular flexibility index (Phi) is 3.72. The fraction of sp³-hybridized carbons (Fsp3) is 0.154. The Balaban J connectivity index is 2.13. The Morgan fingerprint density at radius 2 is 1.78 bits per heavy atom. The summed E-state index contributed by atoms with van der Waals surface area (Å²) in [5, 5.41) is 3.28. The van der Waals surface area contributed by atoms with E-state index in [0.29, 0.717) is 11.5 Å². The van der Waals surface area contributed by atoms with E-state index in [9.17, 15) is 0 Å². The molecule has 94 valence electrons. The summed E-state index contributed by atoms with van der Waals surface area (Å²) in [6.45, 7) is 2.07. The van der Waals surface area contributed by atoms with Gasteiger partial charge in [-0.15, -0.1) is 0 Å². The Morgan fingerprint density at radius 1 is 1.11 bits per heavy atom. The lowest BCUT2D eigenvalue weighted by Crippen LogP contribution is -2.09. The van der Waals surface area contributed by atoms with Crippen LogP contribution in [0.4, 0.5) is 17.3 Å². The van der Waals surface area contributed by atoms with Crippen LogP contribution in [0.2, 0.25) is 0 Å². The van der Waals surface area contributed by atoms with Crippen LogP contribution in [0.5, 0.6) is 0 Å². The molecule has 0 saturated heterocycles. The maximum atomic E-state index is 5.67. The minimum Gasteiger partial charge on any atom is -0.396 e. The first-order valence-corrected chi connectivity index (χ1v) is 6.39. The molecule has 0 aliphatic heterocycles. The van der Waals surface area contributed by atoms with Gasteiger partial charge in [0.1, 0.15) is 11.6 Å². The standard InChI is InChI=1S/C13H15BrN4/c1-8(9-2-4-10(14)5-3-9)17-12-7-6-11(15)13(16)18-12/h2-8H,15H2,1H3,(H3,16,17,18). The molecule has 1 heterocycles. The van der Waals surface area contributed by atoms with Gasteiger partial charge in [-0.25, -0.2) is 4.98 Å². The van der Waals surface area contributed by atoms with E-state index >= 15 is 0 Å². The van der Waals surface area contributed by atoms with Crippen LogP contribution in [-0.2, 0) is 0 Å². The largest absolute Gasteiger partial charge is 0.396 e. The van der Waals surface area contributed by atoms with Crippen molar-refractivity contribution in [1.29, 1.82) is 0 Å². The summed E-state index contributed by atoms with van der Waals surface area (Å²) in [6.07, 6.45) is 0. The highest BCUT2D eigenvalue weighted by molar-refractivity contribution is 9.10. The normalized spacial score (nSPS) is 12.1. The molecule has 18 heavy (non-hydrogen) atoms. The summed E-state index contributed by atoms with van der Waals surface area (Å²) in [7, 11) is 0. The van der Waals surface area contributed by atoms with E-state index in [1.54, 1.807) is 6.07 Å². The molecule has 1 unspecified atom stereocenters. The van der Waals surface area contributed by atoms with E-state index in [1.807, 2.05) is 18.2 Å². The Labute approximate surface area is 115 Å². The van der Waals surface area contributed by atoms with E-state index in [4.69, 9.17) is 11.5 Å². The van der Waals surface area contributed by atoms with Crippen LogP contribution >= 0.6 is 15.9 Å². The minimum atomic E-state index is 0.147. The monoisotopic (exact) mass is 306 g/mol. The average Bonchev–Trinajstić information content (AvgIpc) is 2.34. The lowest BCUT2D eigenvalue weighted by Gasteiger charge is -2.15. The Morgan fingerprint density at radius 3 is 2.39 bits per heavy atom. The Bertz CT molecular complexity index is 539. The van der Waals surface area contributed by atoms with Gasteiger partial charge in [-0.2, -0.15) is 0 Å². The number of aromatic nitrogens is 1. The molecule has 0 bridgehead atoms. The van der Waals surface area contributed by atoms with E-state index < -0.39 is 0 Å². The molecule has 0 fully saturated rings. The molecule has 2 rings (SSSR count). The molecule has 1 aromatic heterocycles. The van der Waals surface area contributed by atoms with Crippen molar-refractivity contribution in [1.82, 2.24) is 4.98 Å². The maximum absolute atomic E-state index is 5.67. The van der Waals surface area contributed by atoms with Gasteiger partial charge in [0, 0.05) is 10.5 Å². The predicted octanol–water partition coefficient (Wildman–Crippen LogP) is 3.18. The summed E-state index contributed by atoms with van der Waals surface area (Å²) in [5.41, 5.74) is 13.0. The zero-order valence-electron chi connectivity index (χ0n) is 10.0. The van der Waals surface area contributed by atoms with Crippen molar-refractivity contribution >= 4 is 33.3 Å². The molecular weight excluding hydrogens is 292 g/mol. The molecule has 0 amide bonds. The van der Waals surface area contributed by atoms with Gasteiger partial charge in [0.05, 0.1) is 5.69 Å². The number of hydrogen-bond donors (Lipinski definition) is 3. The van der Waals surface area contributed by atoms with Gasteiger partial charge >= 0.3 is 0 Å². The molecule has 0 spiro atoms. The molecule has 1 aromatic carbocycles. The smallest absolute Gasteiger partial charge is 0.149 e. The van der Waals surface area contributed by atoms with Gasteiger partial charge in [0.25, 0.3) is 0 Å². The third kappa shape index (κ3) is 2.92. The van der Waals surface area contributed by atoms with Crippen molar-refractivity contribution < 1.29 is 0 Å². The van der Waals surface area contributed by atoms with Crippen LogP contribution in [0.1, 0.15) is 18.5 Å². The summed E-state index contributed by atoms with van der Waals surface area (Å²) < 4.78 is 1.06. The number of halogens is 1. The van der Waals surface area contributed by atoms with Crippen molar-refractivity contribution in [2.45, 2.75) is 13.0 Å². The number of anilines is 3. The van der Waals surface area contributed by atoms with Crippen molar-refractivity contribution in [2.24, 2.45) is 0 Å². The van der Waals surface area contributed by atoms with Gasteiger partial charge in [0.15, 0.2) is 0 Å². The van der Waals surface area contributed by atoms with E-state index in [-0.39, 0.29) is 6.04 Å². The average molecular weight is 307 g/mol. The van der Waals surface area contributed by atoms with Crippen LogP contribution < -0.4 is 16.8 Å². The molecule has 1 atom stereocenters. The number of rotatable bonds is 3. The number of nitrogens with two attached hydrogens (primary N) is 2. The first-order valence-electron chi connectivity index (χ1n) is 5.60. The third-order valence-electron chi connectivity index (χ3n) is 2.69. The first kappa shape index (κ1) is 12.7. The third-order valence-corrected chi connectivity index (χ3v) is 3.22. The van der Waals surface area contributed by atoms with Crippen molar-refractivity contribution in [3.63, 3.8) is 0 Å². The molecule has 0 radical (unpaired) electrons. The van der Waals surface area contributed by atoms with Crippen LogP contribution in [0.15, 0.2) is 40.9 Å². The lowest BCUT2D eigenvalue weighted by atomic mass is 10.1. The minimum absolute atomic E-state index is 0.147. The predicted molar refractivity (Wildman–Crippen MR) is 79.2 cm³/mol. The van der Waals surface area contributed by atoms with Crippen molar-refractivity contribution in [3.8, 4) is 0 Å². The molecule has 4 nitrogen and oxygen atoms in total. The van der Waals surface area contributed by atoms with E-state index in [2.05, 4.69) is 45.3 Å². The molecule has 0 aliphatic rings. The zero-order chi connectivity index (χ0) is 13.1. The quantitative estimate of drug-likeness (QED) is 0.814. The molecular formula is C13H15BrN4. The van der Waals surface area contributed by atoms with Gasteiger partial charge in [-0.05, 0) is 36.8 Å². The summed E-state index contributed by atoms with van der Waals surface area (Å²) in [6, 6.07) is 11.9. The number of benzene rings is 1. The number of nitrogens with zero attached hydrogens (tertiary/aromatic N) is 1. The van der Waals surface area contributed by atoms with Gasteiger partial charge in [-0.3, -0.25) is 0 Å². The highest BCUT2D eigenvalue weighted by Crippen LogP contribution is 2.22.